The smallest absolute Gasteiger partial charge is 0.253 e. The molecule has 1 aromatic carbocycles. The van der Waals surface area contributed by atoms with Gasteiger partial charge >= 0.3 is 0 Å². The van der Waals surface area contributed by atoms with Gasteiger partial charge in [0.1, 0.15) is 0 Å². The van der Waals surface area contributed by atoms with Crippen LogP contribution in [-0.2, 0) is 19.5 Å². The molecular formula is C16H23BrN2O5S. The fourth-order valence-corrected chi connectivity index (χ4v) is 4.89. The van der Waals surface area contributed by atoms with Crippen LogP contribution in [0, 0.1) is 0 Å². The average molecular weight is 435 g/mol. The fourth-order valence-electron chi connectivity index (χ4n) is 2.53. The van der Waals surface area contributed by atoms with Crippen molar-refractivity contribution in [1.82, 2.24) is 9.21 Å². The Labute approximate surface area is 157 Å². The monoisotopic (exact) mass is 434 g/mol. The summed E-state index contributed by atoms with van der Waals surface area (Å²) >= 11 is 3.29. The zero-order valence-electron chi connectivity index (χ0n) is 14.4. The molecule has 0 N–H and O–H groups in total. The Morgan fingerprint density at radius 1 is 1.36 bits per heavy atom. The van der Waals surface area contributed by atoms with Gasteiger partial charge < -0.3 is 14.4 Å². The molecule has 0 aliphatic carbocycles. The first-order valence-electron chi connectivity index (χ1n) is 7.99. The quantitative estimate of drug-likeness (QED) is 0.608. The molecule has 0 radical (unpaired) electrons. The van der Waals surface area contributed by atoms with Crippen molar-refractivity contribution in [2.45, 2.75) is 11.3 Å². The Morgan fingerprint density at radius 3 is 2.68 bits per heavy atom. The van der Waals surface area contributed by atoms with E-state index < -0.39 is 10.0 Å². The molecule has 0 bridgehead atoms. The van der Waals surface area contributed by atoms with Crippen molar-refractivity contribution in [2.75, 3.05) is 53.6 Å². The third-order valence-electron chi connectivity index (χ3n) is 3.95. The van der Waals surface area contributed by atoms with Gasteiger partial charge in [-0.2, -0.15) is 4.31 Å². The number of nitrogens with zero attached hydrogens (tertiary/aromatic N) is 2. The highest BCUT2D eigenvalue weighted by Crippen LogP contribution is 2.27. The van der Waals surface area contributed by atoms with Crippen molar-refractivity contribution in [2.24, 2.45) is 0 Å². The normalized spacial score (nSPS) is 16.0. The van der Waals surface area contributed by atoms with Gasteiger partial charge in [0.15, 0.2) is 0 Å². The molecule has 1 aliphatic rings. The number of ether oxygens (including phenoxy) is 2. The number of methoxy groups -OCH3 is 1. The van der Waals surface area contributed by atoms with Gasteiger partial charge in [-0.1, -0.05) is 0 Å². The van der Waals surface area contributed by atoms with Crippen LogP contribution in [0.2, 0.25) is 0 Å². The van der Waals surface area contributed by atoms with Crippen molar-refractivity contribution in [1.29, 1.82) is 0 Å². The van der Waals surface area contributed by atoms with Gasteiger partial charge in [-0.25, -0.2) is 8.42 Å². The van der Waals surface area contributed by atoms with E-state index in [1.165, 1.54) is 10.4 Å². The van der Waals surface area contributed by atoms with Crippen LogP contribution in [0.5, 0.6) is 0 Å². The third kappa shape index (κ3) is 5.01. The number of morpholine rings is 1. The highest BCUT2D eigenvalue weighted by Gasteiger charge is 2.29. The van der Waals surface area contributed by atoms with Gasteiger partial charge in [-0.15, -0.1) is 0 Å². The van der Waals surface area contributed by atoms with Crippen molar-refractivity contribution < 1.29 is 22.7 Å². The molecular weight excluding hydrogens is 412 g/mol. The molecule has 0 saturated carbocycles. The number of benzene rings is 1. The van der Waals surface area contributed by atoms with E-state index in [9.17, 15) is 13.2 Å². The lowest BCUT2D eigenvalue weighted by molar-refractivity contribution is 0.0729. The van der Waals surface area contributed by atoms with Crippen LogP contribution < -0.4 is 0 Å². The molecule has 1 aliphatic heterocycles. The summed E-state index contributed by atoms with van der Waals surface area (Å²) in [6.45, 7) is 2.46. The van der Waals surface area contributed by atoms with Crippen LogP contribution in [0.3, 0.4) is 0 Å². The van der Waals surface area contributed by atoms with Crippen molar-refractivity contribution >= 4 is 31.9 Å². The molecule has 0 atom stereocenters. The number of rotatable bonds is 7. The molecule has 9 heteroatoms. The first-order chi connectivity index (χ1) is 11.9. The van der Waals surface area contributed by atoms with E-state index in [2.05, 4.69) is 15.9 Å². The summed E-state index contributed by atoms with van der Waals surface area (Å²) in [5.41, 5.74) is 0.343. The first-order valence-corrected chi connectivity index (χ1v) is 10.2. The van der Waals surface area contributed by atoms with Crippen LogP contribution in [0.4, 0.5) is 0 Å². The molecule has 1 saturated heterocycles. The van der Waals surface area contributed by atoms with Crippen molar-refractivity contribution in [3.05, 3.63) is 28.2 Å². The van der Waals surface area contributed by atoms with Gasteiger partial charge in [0, 0.05) is 50.4 Å². The Balaban J connectivity index is 2.23. The number of amides is 1. The maximum absolute atomic E-state index is 12.9. The number of sulfonamides is 1. The van der Waals surface area contributed by atoms with E-state index in [4.69, 9.17) is 9.47 Å². The van der Waals surface area contributed by atoms with E-state index in [1.807, 2.05) is 0 Å². The van der Waals surface area contributed by atoms with E-state index in [0.717, 1.165) is 0 Å². The summed E-state index contributed by atoms with van der Waals surface area (Å²) in [5, 5.41) is 0. The van der Waals surface area contributed by atoms with E-state index in [0.29, 0.717) is 55.9 Å². The number of carbonyl (C=O) groups is 1. The zero-order valence-corrected chi connectivity index (χ0v) is 16.8. The Morgan fingerprint density at radius 2 is 2.04 bits per heavy atom. The zero-order chi connectivity index (χ0) is 18.4. The maximum atomic E-state index is 12.9. The second kappa shape index (κ2) is 9.09. The highest BCUT2D eigenvalue weighted by atomic mass is 79.9. The van der Waals surface area contributed by atoms with Gasteiger partial charge in [-0.05, 0) is 40.5 Å². The standard InChI is InChI=1S/C16H23BrN2O5S/c1-18(6-3-9-23-2)16(20)13-4-5-14(17)15(12-13)25(21,22)19-7-10-24-11-8-19/h4-5,12H,3,6-11H2,1-2H3. The van der Waals surface area contributed by atoms with Crippen LogP contribution in [-0.4, -0.2) is 77.1 Å². The third-order valence-corrected chi connectivity index (χ3v) is 6.85. The first kappa shape index (κ1) is 20.3. The largest absolute Gasteiger partial charge is 0.385 e. The number of halogens is 1. The summed E-state index contributed by atoms with van der Waals surface area (Å²) in [7, 11) is -0.379. The predicted octanol–water partition coefficient (Wildman–Crippen LogP) is 1.58. The van der Waals surface area contributed by atoms with Crippen LogP contribution in [0.1, 0.15) is 16.8 Å². The SMILES string of the molecule is COCCCN(C)C(=O)c1ccc(Br)c(S(=O)(=O)N2CCOCC2)c1. The number of hydrogen-bond donors (Lipinski definition) is 0. The summed E-state index contributed by atoms with van der Waals surface area (Å²) in [4.78, 5) is 14.2. The molecule has 7 nitrogen and oxygen atoms in total. The van der Waals surface area contributed by atoms with E-state index in [1.54, 1.807) is 31.2 Å². The summed E-state index contributed by atoms with van der Waals surface area (Å²) in [6, 6.07) is 4.66. The van der Waals surface area contributed by atoms with Gasteiger partial charge in [0.05, 0.1) is 18.1 Å². The van der Waals surface area contributed by atoms with Gasteiger partial charge in [-0.3, -0.25) is 4.79 Å². The minimum absolute atomic E-state index is 0.102. The van der Waals surface area contributed by atoms with Crippen LogP contribution >= 0.6 is 15.9 Å². The Kier molecular flexibility index (Phi) is 7.38. The maximum Gasteiger partial charge on any atom is 0.253 e. The fraction of sp³-hybridized carbons (Fsp3) is 0.562. The molecule has 25 heavy (non-hydrogen) atoms. The summed E-state index contributed by atoms with van der Waals surface area (Å²) < 4.78 is 37.7. The van der Waals surface area contributed by atoms with Crippen LogP contribution in [0.25, 0.3) is 0 Å². The summed E-state index contributed by atoms with van der Waals surface area (Å²) in [6.07, 6.45) is 0.716. The van der Waals surface area contributed by atoms with Crippen LogP contribution in [0.15, 0.2) is 27.6 Å². The molecule has 2 rings (SSSR count). The van der Waals surface area contributed by atoms with Crippen molar-refractivity contribution in [3.63, 3.8) is 0 Å². The lowest BCUT2D eigenvalue weighted by atomic mass is 10.2. The molecule has 0 spiro atoms. The Bertz CT molecular complexity index is 704. The van der Waals surface area contributed by atoms with Crippen molar-refractivity contribution in [3.8, 4) is 0 Å². The molecule has 140 valence electrons. The number of carbonyl (C=O) groups excluding carboxylic acids is 1. The number of hydrogen-bond acceptors (Lipinski definition) is 5. The lowest BCUT2D eigenvalue weighted by Crippen LogP contribution is -2.40. The molecule has 1 amide bonds. The Hall–Kier alpha value is -1.00. The molecule has 1 heterocycles. The van der Waals surface area contributed by atoms with Gasteiger partial charge in [0.25, 0.3) is 5.91 Å². The molecule has 1 fully saturated rings. The molecule has 0 aromatic heterocycles. The lowest BCUT2D eigenvalue weighted by Gasteiger charge is -2.26. The van der Waals surface area contributed by atoms with Gasteiger partial charge in [0.2, 0.25) is 10.0 Å². The summed E-state index contributed by atoms with van der Waals surface area (Å²) in [5.74, 6) is -0.220. The van der Waals surface area contributed by atoms with E-state index in [-0.39, 0.29) is 10.8 Å². The van der Waals surface area contributed by atoms with E-state index >= 15 is 0 Å². The second-order valence-electron chi connectivity index (χ2n) is 5.73. The molecule has 0 unspecified atom stereocenters. The topological polar surface area (TPSA) is 76.2 Å². The highest BCUT2D eigenvalue weighted by molar-refractivity contribution is 9.10. The minimum atomic E-state index is -3.68. The molecule has 1 aromatic rings. The minimum Gasteiger partial charge on any atom is -0.385 e. The average Bonchev–Trinajstić information content (AvgIpc) is 2.62. The second-order valence-corrected chi connectivity index (χ2v) is 8.50. The predicted molar refractivity (Wildman–Crippen MR) is 97.2 cm³/mol.